The molecule has 1 amide bonds. The van der Waals surface area contributed by atoms with Gasteiger partial charge in [-0.15, -0.1) is 11.8 Å². The molecule has 0 saturated carbocycles. The van der Waals surface area contributed by atoms with Gasteiger partial charge >= 0.3 is 6.18 Å². The lowest BCUT2D eigenvalue weighted by molar-refractivity contribution is -0.160. The lowest BCUT2D eigenvalue weighted by Gasteiger charge is -2.22. The van der Waals surface area contributed by atoms with Crippen LogP contribution >= 0.6 is 11.8 Å². The van der Waals surface area contributed by atoms with Crippen molar-refractivity contribution >= 4 is 17.7 Å². The first-order chi connectivity index (χ1) is 7.40. The van der Waals surface area contributed by atoms with Crippen molar-refractivity contribution in [3.05, 3.63) is 0 Å². The molecule has 0 aromatic heterocycles. The van der Waals surface area contributed by atoms with Crippen LogP contribution in [0.4, 0.5) is 13.2 Å². The summed E-state index contributed by atoms with van der Waals surface area (Å²) in [6, 6.07) is 1.76. The normalized spacial score (nSPS) is 10.9. The van der Waals surface area contributed by atoms with E-state index in [1.165, 1.54) is 0 Å². The predicted octanol–water partition coefficient (Wildman–Crippen LogP) is 0.626. The van der Waals surface area contributed by atoms with E-state index in [0.29, 0.717) is 4.90 Å². The molecule has 0 rings (SSSR count). The summed E-state index contributed by atoms with van der Waals surface area (Å²) in [5.41, 5.74) is 0. The molecule has 0 atom stereocenters. The summed E-state index contributed by atoms with van der Waals surface area (Å²) in [6.07, 6.45) is -4.48. The van der Waals surface area contributed by atoms with Gasteiger partial charge in [-0.1, -0.05) is 0 Å². The minimum Gasteiger partial charge on any atom is -0.395 e. The first-order valence-electron chi connectivity index (χ1n) is 4.30. The fraction of sp³-hybridized carbons (Fsp3) is 0.750. The number of carbonyl (C=O) groups is 1. The largest absolute Gasteiger partial charge is 0.406 e. The second kappa shape index (κ2) is 7.35. The number of thioether (sulfide) groups is 1. The maximum Gasteiger partial charge on any atom is 0.406 e. The van der Waals surface area contributed by atoms with Gasteiger partial charge in [0, 0.05) is 6.54 Å². The molecule has 0 unspecified atom stereocenters. The lowest BCUT2D eigenvalue weighted by Crippen LogP contribution is -2.41. The van der Waals surface area contributed by atoms with Crippen LogP contribution in [0.15, 0.2) is 0 Å². The third-order valence-electron chi connectivity index (χ3n) is 1.48. The van der Waals surface area contributed by atoms with E-state index in [9.17, 15) is 18.0 Å². The van der Waals surface area contributed by atoms with E-state index in [4.69, 9.17) is 10.4 Å². The van der Waals surface area contributed by atoms with Crippen LogP contribution in [-0.4, -0.2) is 53.3 Å². The van der Waals surface area contributed by atoms with Crippen molar-refractivity contribution in [1.29, 1.82) is 5.26 Å². The Balaban J connectivity index is 4.19. The second-order valence-corrected chi connectivity index (χ2v) is 3.79. The Hall–Kier alpha value is -0.940. The molecule has 0 spiro atoms. The summed E-state index contributed by atoms with van der Waals surface area (Å²) < 4.78 is 36.1. The minimum absolute atomic E-state index is 0.0464. The number of aliphatic hydroxyl groups is 1. The number of hydrogen-bond donors (Lipinski definition) is 1. The van der Waals surface area contributed by atoms with Crippen molar-refractivity contribution in [2.45, 2.75) is 6.18 Å². The SMILES string of the molecule is N#CCSCC(=O)N(CCO)CC(F)(F)F. The predicted molar refractivity (Wildman–Crippen MR) is 52.7 cm³/mol. The number of nitriles is 1. The van der Waals surface area contributed by atoms with E-state index < -0.39 is 25.2 Å². The molecular weight excluding hydrogens is 245 g/mol. The van der Waals surface area contributed by atoms with Gasteiger partial charge in [0.1, 0.15) is 6.54 Å². The number of rotatable bonds is 6. The van der Waals surface area contributed by atoms with Crippen LogP contribution in [0.1, 0.15) is 0 Å². The Bertz CT molecular complexity index is 265. The number of nitrogens with zero attached hydrogens (tertiary/aromatic N) is 2. The van der Waals surface area contributed by atoms with Crippen LogP contribution < -0.4 is 0 Å². The molecule has 0 aromatic rings. The Morgan fingerprint density at radius 1 is 1.50 bits per heavy atom. The Morgan fingerprint density at radius 3 is 2.56 bits per heavy atom. The van der Waals surface area contributed by atoms with Crippen molar-refractivity contribution in [3.63, 3.8) is 0 Å². The van der Waals surface area contributed by atoms with Crippen molar-refractivity contribution in [3.8, 4) is 6.07 Å². The van der Waals surface area contributed by atoms with Gasteiger partial charge in [0.05, 0.1) is 24.2 Å². The highest BCUT2D eigenvalue weighted by Crippen LogP contribution is 2.17. The molecule has 0 radical (unpaired) electrons. The second-order valence-electron chi connectivity index (χ2n) is 2.80. The molecular formula is C8H11F3N2O2S. The fourth-order valence-electron chi connectivity index (χ4n) is 0.904. The van der Waals surface area contributed by atoms with Crippen molar-refractivity contribution in [2.24, 2.45) is 0 Å². The van der Waals surface area contributed by atoms with E-state index in [1.807, 2.05) is 0 Å². The van der Waals surface area contributed by atoms with Gasteiger partial charge in [0.15, 0.2) is 0 Å². The summed E-state index contributed by atoms with van der Waals surface area (Å²) >= 11 is 0.940. The molecule has 0 aromatic carbocycles. The van der Waals surface area contributed by atoms with E-state index in [-0.39, 0.29) is 18.1 Å². The van der Waals surface area contributed by atoms with E-state index >= 15 is 0 Å². The highest BCUT2D eigenvalue weighted by molar-refractivity contribution is 8.00. The molecule has 0 aliphatic rings. The topological polar surface area (TPSA) is 64.3 Å². The summed E-state index contributed by atoms with van der Waals surface area (Å²) in [7, 11) is 0. The molecule has 16 heavy (non-hydrogen) atoms. The van der Waals surface area contributed by atoms with Crippen molar-refractivity contribution in [2.75, 3.05) is 31.2 Å². The Kier molecular flexibility index (Phi) is 6.92. The molecule has 0 aliphatic heterocycles. The Labute approximate surface area is 95.0 Å². The van der Waals surface area contributed by atoms with Gasteiger partial charge < -0.3 is 10.0 Å². The summed E-state index contributed by atoms with van der Waals surface area (Å²) in [4.78, 5) is 11.8. The smallest absolute Gasteiger partial charge is 0.395 e. The zero-order valence-electron chi connectivity index (χ0n) is 8.33. The van der Waals surface area contributed by atoms with Gasteiger partial charge in [-0.3, -0.25) is 4.79 Å². The average molecular weight is 256 g/mol. The molecule has 0 heterocycles. The zero-order valence-corrected chi connectivity index (χ0v) is 9.14. The van der Waals surface area contributed by atoms with Crippen LogP contribution in [0.25, 0.3) is 0 Å². The molecule has 4 nitrogen and oxygen atoms in total. The highest BCUT2D eigenvalue weighted by atomic mass is 32.2. The number of hydrogen-bond acceptors (Lipinski definition) is 4. The molecule has 1 N–H and O–H groups in total. The summed E-state index contributed by atoms with van der Waals surface area (Å²) in [6.45, 7) is -2.25. The number of aliphatic hydroxyl groups excluding tert-OH is 1. The van der Waals surface area contributed by atoms with E-state index in [0.717, 1.165) is 11.8 Å². The van der Waals surface area contributed by atoms with Crippen LogP contribution in [0.3, 0.4) is 0 Å². The van der Waals surface area contributed by atoms with E-state index in [2.05, 4.69) is 0 Å². The Morgan fingerprint density at radius 2 is 2.12 bits per heavy atom. The highest BCUT2D eigenvalue weighted by Gasteiger charge is 2.32. The summed E-state index contributed by atoms with van der Waals surface area (Å²) in [5.74, 6) is -0.874. The number of alkyl halides is 3. The molecule has 8 heteroatoms. The number of amides is 1. The monoisotopic (exact) mass is 256 g/mol. The van der Waals surface area contributed by atoms with Crippen LogP contribution in [-0.2, 0) is 4.79 Å². The third kappa shape index (κ3) is 7.36. The van der Waals surface area contributed by atoms with Gasteiger partial charge in [-0.05, 0) is 0 Å². The minimum atomic E-state index is -4.48. The fourth-order valence-corrected chi connectivity index (χ4v) is 1.45. The summed E-state index contributed by atoms with van der Waals surface area (Å²) in [5, 5.41) is 16.7. The van der Waals surface area contributed by atoms with Crippen LogP contribution in [0.2, 0.25) is 0 Å². The standard InChI is InChI=1S/C8H11F3N2O2S/c9-8(10,11)6-13(2-3-14)7(15)5-16-4-1-12/h14H,2-6H2. The van der Waals surface area contributed by atoms with E-state index in [1.54, 1.807) is 6.07 Å². The van der Waals surface area contributed by atoms with Gasteiger partial charge in [0.25, 0.3) is 0 Å². The molecule has 0 aliphatic carbocycles. The molecule has 0 fully saturated rings. The first kappa shape index (κ1) is 15.1. The quantitative estimate of drug-likeness (QED) is 0.708. The molecule has 92 valence electrons. The van der Waals surface area contributed by atoms with Gasteiger partial charge in [0.2, 0.25) is 5.91 Å². The number of carbonyl (C=O) groups excluding carboxylic acids is 1. The first-order valence-corrected chi connectivity index (χ1v) is 5.46. The maximum atomic E-state index is 12.0. The average Bonchev–Trinajstić information content (AvgIpc) is 2.15. The third-order valence-corrected chi connectivity index (χ3v) is 2.27. The van der Waals surface area contributed by atoms with Crippen LogP contribution in [0.5, 0.6) is 0 Å². The molecule has 0 saturated heterocycles. The number of halogens is 3. The van der Waals surface area contributed by atoms with Crippen molar-refractivity contribution in [1.82, 2.24) is 4.90 Å². The van der Waals surface area contributed by atoms with Gasteiger partial charge in [-0.25, -0.2) is 0 Å². The molecule has 0 bridgehead atoms. The van der Waals surface area contributed by atoms with Gasteiger partial charge in [-0.2, -0.15) is 18.4 Å². The van der Waals surface area contributed by atoms with Crippen molar-refractivity contribution < 1.29 is 23.1 Å². The zero-order chi connectivity index (χ0) is 12.6. The van der Waals surface area contributed by atoms with Crippen LogP contribution in [0, 0.1) is 11.3 Å². The maximum absolute atomic E-state index is 12.0. The lowest BCUT2D eigenvalue weighted by atomic mass is 10.4.